The smallest absolute Gasteiger partial charge is 0.313 e. The van der Waals surface area contributed by atoms with Crippen LogP contribution in [0.2, 0.25) is 0 Å². The number of carbonyl (C=O) groups is 1. The highest BCUT2D eigenvalue weighted by Gasteiger charge is 2.10. The predicted octanol–water partition coefficient (Wildman–Crippen LogP) is 2.22. The first kappa shape index (κ1) is 12.5. The van der Waals surface area contributed by atoms with E-state index in [2.05, 4.69) is 0 Å². The van der Waals surface area contributed by atoms with E-state index in [4.69, 9.17) is 5.11 Å². The fourth-order valence-electron chi connectivity index (χ4n) is 1.27. The minimum atomic E-state index is -0.858. The van der Waals surface area contributed by atoms with Crippen molar-refractivity contribution in [2.24, 2.45) is 0 Å². The lowest BCUT2D eigenvalue weighted by Crippen LogP contribution is -1.98. The summed E-state index contributed by atoms with van der Waals surface area (Å²) >= 11 is 1.27. The van der Waals surface area contributed by atoms with Crippen LogP contribution < -0.4 is 0 Å². The Kier molecular flexibility index (Phi) is 4.30. The van der Waals surface area contributed by atoms with Crippen LogP contribution in [0.3, 0.4) is 0 Å². The Hall–Kier alpha value is -1.56. The topological polar surface area (TPSA) is 80.4 Å². The van der Waals surface area contributed by atoms with E-state index in [1.807, 2.05) is 0 Å². The van der Waals surface area contributed by atoms with Crippen LogP contribution in [0.1, 0.15) is 11.1 Å². The average molecular weight is 241 g/mol. The fraction of sp³-hybridized carbons (Fsp3) is 0.300. The predicted molar refractivity (Wildman–Crippen MR) is 61.6 cm³/mol. The van der Waals surface area contributed by atoms with Crippen LogP contribution in [0.25, 0.3) is 0 Å². The Bertz CT molecular complexity index is 419. The van der Waals surface area contributed by atoms with Crippen LogP contribution >= 0.6 is 11.8 Å². The van der Waals surface area contributed by atoms with E-state index in [-0.39, 0.29) is 11.4 Å². The Morgan fingerprint density at radius 3 is 2.75 bits per heavy atom. The van der Waals surface area contributed by atoms with Crippen LogP contribution in [0.5, 0.6) is 0 Å². The van der Waals surface area contributed by atoms with Crippen LogP contribution in [-0.2, 0) is 10.5 Å². The van der Waals surface area contributed by atoms with Gasteiger partial charge in [-0.2, -0.15) is 0 Å². The maximum atomic E-state index is 10.6. The van der Waals surface area contributed by atoms with Gasteiger partial charge in [-0.1, -0.05) is 6.07 Å². The molecule has 0 amide bonds. The number of aryl methyl sites for hydroxylation is 1. The first-order chi connectivity index (χ1) is 7.50. The normalized spacial score (nSPS) is 10.1. The van der Waals surface area contributed by atoms with Crippen molar-refractivity contribution in [2.45, 2.75) is 12.7 Å². The molecule has 0 atom stereocenters. The number of nitrogens with zero attached hydrogens (tertiary/aromatic N) is 1. The van der Waals surface area contributed by atoms with Crippen LogP contribution in [0.15, 0.2) is 18.2 Å². The van der Waals surface area contributed by atoms with Gasteiger partial charge in [-0.25, -0.2) is 0 Å². The molecule has 1 N–H and O–H groups in total. The summed E-state index contributed by atoms with van der Waals surface area (Å²) in [6.07, 6.45) is 0. The third-order valence-corrected chi connectivity index (χ3v) is 2.94. The Labute approximate surface area is 96.6 Å². The zero-order chi connectivity index (χ0) is 12.1. The molecule has 0 aliphatic heterocycles. The van der Waals surface area contributed by atoms with Crippen molar-refractivity contribution >= 4 is 23.4 Å². The van der Waals surface area contributed by atoms with Crippen molar-refractivity contribution in [3.05, 3.63) is 39.4 Å². The minimum Gasteiger partial charge on any atom is -0.481 e. The molecule has 6 heteroatoms. The van der Waals surface area contributed by atoms with Gasteiger partial charge in [-0.05, 0) is 18.6 Å². The van der Waals surface area contributed by atoms with E-state index < -0.39 is 10.9 Å². The number of aliphatic carboxylic acids is 1. The summed E-state index contributed by atoms with van der Waals surface area (Å²) in [6, 6.07) is 4.82. The summed E-state index contributed by atoms with van der Waals surface area (Å²) in [4.78, 5) is 20.4. The summed E-state index contributed by atoms with van der Waals surface area (Å²) in [6.45, 7) is 1.67. The molecule has 0 bridgehead atoms. The standard InChI is InChI=1S/C10H11NO4S/c1-7-4-8(5-16-6-10(12)13)2-3-9(7)11(14)15/h2-4H,5-6H2,1H3,(H,12,13). The van der Waals surface area contributed by atoms with Gasteiger partial charge in [0.15, 0.2) is 0 Å². The zero-order valence-electron chi connectivity index (χ0n) is 8.67. The number of carboxylic acid groups (broad SMARTS) is 1. The molecule has 0 heterocycles. The number of nitro groups is 1. The molecular weight excluding hydrogens is 230 g/mol. The lowest BCUT2D eigenvalue weighted by molar-refractivity contribution is -0.385. The second-order valence-corrected chi connectivity index (χ2v) is 4.25. The number of rotatable bonds is 5. The molecule has 0 fully saturated rings. The minimum absolute atomic E-state index is 0.0377. The van der Waals surface area contributed by atoms with E-state index in [0.29, 0.717) is 11.3 Å². The molecular formula is C10H11NO4S. The Balaban J connectivity index is 2.66. The van der Waals surface area contributed by atoms with Crippen molar-refractivity contribution in [3.63, 3.8) is 0 Å². The fourth-order valence-corrected chi connectivity index (χ4v) is 1.96. The highest BCUT2D eigenvalue weighted by Crippen LogP contribution is 2.21. The third-order valence-electron chi connectivity index (χ3n) is 1.95. The number of nitro benzene ring substituents is 1. The number of benzene rings is 1. The largest absolute Gasteiger partial charge is 0.481 e. The van der Waals surface area contributed by atoms with Crippen molar-refractivity contribution in [3.8, 4) is 0 Å². The third kappa shape index (κ3) is 3.54. The van der Waals surface area contributed by atoms with E-state index in [1.54, 1.807) is 19.1 Å². The molecule has 0 unspecified atom stereocenters. The number of hydrogen-bond acceptors (Lipinski definition) is 4. The number of thioether (sulfide) groups is 1. The van der Waals surface area contributed by atoms with Gasteiger partial charge < -0.3 is 5.11 Å². The summed E-state index contributed by atoms with van der Waals surface area (Å²) in [5, 5.41) is 19.0. The molecule has 1 rings (SSSR count). The van der Waals surface area contributed by atoms with Crippen LogP contribution in [0.4, 0.5) is 5.69 Å². The second-order valence-electron chi connectivity index (χ2n) is 3.26. The van der Waals surface area contributed by atoms with Crippen molar-refractivity contribution in [2.75, 3.05) is 5.75 Å². The van der Waals surface area contributed by atoms with Gasteiger partial charge in [0.25, 0.3) is 5.69 Å². The van der Waals surface area contributed by atoms with Crippen molar-refractivity contribution in [1.29, 1.82) is 0 Å². The molecule has 1 aromatic carbocycles. The summed E-state index contributed by atoms with van der Waals surface area (Å²) in [7, 11) is 0. The van der Waals surface area contributed by atoms with Gasteiger partial charge in [-0.3, -0.25) is 14.9 Å². The second kappa shape index (κ2) is 5.50. The highest BCUT2D eigenvalue weighted by atomic mass is 32.2. The first-order valence-electron chi connectivity index (χ1n) is 4.54. The van der Waals surface area contributed by atoms with Gasteiger partial charge in [-0.15, -0.1) is 11.8 Å². The van der Waals surface area contributed by atoms with E-state index >= 15 is 0 Å². The monoisotopic (exact) mass is 241 g/mol. The zero-order valence-corrected chi connectivity index (χ0v) is 9.49. The van der Waals surface area contributed by atoms with Gasteiger partial charge in [0.2, 0.25) is 0 Å². The van der Waals surface area contributed by atoms with Crippen LogP contribution in [0, 0.1) is 17.0 Å². The van der Waals surface area contributed by atoms with Gasteiger partial charge in [0.05, 0.1) is 10.7 Å². The summed E-state index contributed by atoms with van der Waals surface area (Å²) in [5.74, 6) is -0.273. The maximum absolute atomic E-state index is 10.6. The first-order valence-corrected chi connectivity index (χ1v) is 5.69. The molecule has 0 aliphatic rings. The lowest BCUT2D eigenvalue weighted by atomic mass is 10.1. The van der Waals surface area contributed by atoms with Gasteiger partial charge >= 0.3 is 5.97 Å². The van der Waals surface area contributed by atoms with Crippen molar-refractivity contribution < 1.29 is 14.8 Å². The molecule has 0 aliphatic carbocycles. The summed E-state index contributed by atoms with van der Waals surface area (Å²) < 4.78 is 0. The Morgan fingerprint density at radius 1 is 1.56 bits per heavy atom. The molecule has 16 heavy (non-hydrogen) atoms. The molecule has 0 spiro atoms. The Morgan fingerprint density at radius 2 is 2.25 bits per heavy atom. The van der Waals surface area contributed by atoms with Crippen LogP contribution in [-0.4, -0.2) is 21.8 Å². The molecule has 5 nitrogen and oxygen atoms in total. The molecule has 0 saturated carbocycles. The molecule has 1 aromatic rings. The maximum Gasteiger partial charge on any atom is 0.313 e. The lowest BCUT2D eigenvalue weighted by Gasteiger charge is -2.02. The SMILES string of the molecule is Cc1cc(CSCC(=O)O)ccc1[N+](=O)[O-]. The number of carboxylic acids is 1. The van der Waals surface area contributed by atoms with Crippen molar-refractivity contribution in [1.82, 2.24) is 0 Å². The molecule has 86 valence electrons. The van der Waals surface area contributed by atoms with E-state index in [9.17, 15) is 14.9 Å². The van der Waals surface area contributed by atoms with Gasteiger partial charge in [0, 0.05) is 17.4 Å². The molecule has 0 radical (unpaired) electrons. The van der Waals surface area contributed by atoms with Gasteiger partial charge in [0.1, 0.15) is 0 Å². The highest BCUT2D eigenvalue weighted by molar-refractivity contribution is 7.99. The quantitative estimate of drug-likeness (QED) is 0.631. The molecule has 0 saturated heterocycles. The average Bonchev–Trinajstić information content (AvgIpc) is 2.16. The number of hydrogen-bond donors (Lipinski definition) is 1. The van der Waals surface area contributed by atoms with E-state index in [1.165, 1.54) is 17.8 Å². The summed E-state index contributed by atoms with van der Waals surface area (Å²) in [5.41, 5.74) is 1.58. The van der Waals surface area contributed by atoms with E-state index in [0.717, 1.165) is 5.56 Å². The molecule has 0 aromatic heterocycles.